The third-order valence-electron chi connectivity index (χ3n) is 5.44. The van der Waals surface area contributed by atoms with Crippen LogP contribution >= 0.6 is 0 Å². The van der Waals surface area contributed by atoms with Crippen LogP contribution in [0.25, 0.3) is 5.57 Å². The van der Waals surface area contributed by atoms with E-state index in [2.05, 4.69) is 10.6 Å². The van der Waals surface area contributed by atoms with E-state index in [1.807, 2.05) is 56.3 Å². The number of hydrogen-bond donors (Lipinski definition) is 2. The summed E-state index contributed by atoms with van der Waals surface area (Å²) >= 11 is 0. The SMILES string of the molecule is CC(=O)Nc1ccc(C2=C(Nc3ccccc3)C(=O)N(c3cccc(C)c3C)C2=O)cc1. The van der Waals surface area contributed by atoms with Crippen molar-refractivity contribution in [2.75, 3.05) is 15.5 Å². The van der Waals surface area contributed by atoms with Crippen molar-refractivity contribution in [3.63, 3.8) is 0 Å². The van der Waals surface area contributed by atoms with Crippen molar-refractivity contribution in [3.8, 4) is 0 Å². The molecule has 0 radical (unpaired) electrons. The number of rotatable bonds is 5. The molecule has 0 aliphatic carbocycles. The highest BCUT2D eigenvalue weighted by Crippen LogP contribution is 2.36. The van der Waals surface area contributed by atoms with Crippen LogP contribution in [0.15, 0.2) is 78.5 Å². The molecular formula is C26H23N3O3. The first kappa shape index (κ1) is 21.1. The highest BCUT2D eigenvalue weighted by molar-refractivity contribution is 6.46. The fraction of sp³-hybridized carbons (Fsp3) is 0.115. The molecule has 0 aromatic heterocycles. The van der Waals surface area contributed by atoms with Gasteiger partial charge in [-0.1, -0.05) is 42.5 Å². The van der Waals surface area contributed by atoms with E-state index in [1.54, 1.807) is 30.3 Å². The molecule has 0 fully saturated rings. The van der Waals surface area contributed by atoms with Gasteiger partial charge in [-0.05, 0) is 60.9 Å². The summed E-state index contributed by atoms with van der Waals surface area (Å²) in [6.45, 7) is 5.28. The number of carbonyl (C=O) groups excluding carboxylic acids is 3. The van der Waals surface area contributed by atoms with Gasteiger partial charge in [0.15, 0.2) is 0 Å². The molecule has 160 valence electrons. The normalized spacial score (nSPS) is 13.5. The molecule has 3 amide bonds. The van der Waals surface area contributed by atoms with Crippen LogP contribution in [0.4, 0.5) is 17.1 Å². The van der Waals surface area contributed by atoms with Crippen LogP contribution in [0.5, 0.6) is 0 Å². The minimum Gasteiger partial charge on any atom is -0.350 e. The second-order valence-corrected chi connectivity index (χ2v) is 7.66. The summed E-state index contributed by atoms with van der Waals surface area (Å²) in [6.07, 6.45) is 0. The number of para-hydroxylation sites is 1. The van der Waals surface area contributed by atoms with Crippen LogP contribution in [0.1, 0.15) is 23.6 Å². The van der Waals surface area contributed by atoms with Crippen molar-refractivity contribution in [3.05, 3.63) is 95.2 Å². The van der Waals surface area contributed by atoms with Crippen LogP contribution in [0.3, 0.4) is 0 Å². The maximum absolute atomic E-state index is 13.6. The molecule has 0 unspecified atom stereocenters. The standard InChI is InChI=1S/C26H23N3O3/c1-16-8-7-11-22(17(16)2)29-25(31)23(19-12-14-21(15-13-19)27-18(3)30)24(26(29)32)28-20-9-5-4-6-10-20/h4-15,28H,1-3H3,(H,27,30). The van der Waals surface area contributed by atoms with E-state index < -0.39 is 11.8 Å². The van der Waals surface area contributed by atoms with Gasteiger partial charge >= 0.3 is 0 Å². The zero-order valence-electron chi connectivity index (χ0n) is 18.1. The number of benzene rings is 3. The first-order valence-corrected chi connectivity index (χ1v) is 10.3. The molecule has 0 saturated carbocycles. The molecule has 0 bridgehead atoms. The van der Waals surface area contributed by atoms with E-state index in [0.29, 0.717) is 22.6 Å². The van der Waals surface area contributed by atoms with Crippen molar-refractivity contribution < 1.29 is 14.4 Å². The number of imide groups is 1. The minimum absolute atomic E-state index is 0.184. The Kier molecular flexibility index (Phi) is 5.60. The Balaban J connectivity index is 1.81. The number of nitrogens with one attached hydrogen (secondary N) is 2. The molecule has 3 aromatic carbocycles. The molecule has 6 heteroatoms. The fourth-order valence-corrected chi connectivity index (χ4v) is 3.70. The Morgan fingerprint density at radius 1 is 0.781 bits per heavy atom. The smallest absolute Gasteiger partial charge is 0.282 e. The molecule has 4 rings (SSSR count). The lowest BCUT2D eigenvalue weighted by Crippen LogP contribution is -2.33. The van der Waals surface area contributed by atoms with Gasteiger partial charge in [0.2, 0.25) is 5.91 Å². The summed E-state index contributed by atoms with van der Waals surface area (Å²) in [6, 6.07) is 21.7. The molecule has 1 aliphatic rings. The third-order valence-corrected chi connectivity index (χ3v) is 5.44. The van der Waals surface area contributed by atoms with Gasteiger partial charge in [-0.2, -0.15) is 0 Å². The fourth-order valence-electron chi connectivity index (χ4n) is 3.70. The van der Waals surface area contributed by atoms with Gasteiger partial charge in [-0.15, -0.1) is 0 Å². The number of carbonyl (C=O) groups is 3. The Bertz CT molecular complexity index is 1250. The largest absolute Gasteiger partial charge is 0.350 e. The quantitative estimate of drug-likeness (QED) is 0.583. The van der Waals surface area contributed by atoms with Crippen LogP contribution in [-0.2, 0) is 14.4 Å². The van der Waals surface area contributed by atoms with E-state index in [-0.39, 0.29) is 17.2 Å². The van der Waals surface area contributed by atoms with Crippen LogP contribution < -0.4 is 15.5 Å². The van der Waals surface area contributed by atoms with Gasteiger partial charge in [0.1, 0.15) is 5.70 Å². The number of hydrogen-bond acceptors (Lipinski definition) is 4. The van der Waals surface area contributed by atoms with E-state index in [0.717, 1.165) is 11.1 Å². The summed E-state index contributed by atoms with van der Waals surface area (Å²) in [5, 5.41) is 5.86. The number of anilines is 3. The molecular weight excluding hydrogens is 402 g/mol. The summed E-state index contributed by atoms with van der Waals surface area (Å²) < 4.78 is 0. The van der Waals surface area contributed by atoms with Crippen molar-refractivity contribution >= 4 is 40.4 Å². The maximum atomic E-state index is 13.6. The molecule has 2 N–H and O–H groups in total. The number of nitrogens with zero attached hydrogens (tertiary/aromatic N) is 1. The lowest BCUT2D eigenvalue weighted by molar-refractivity contribution is -0.120. The summed E-state index contributed by atoms with van der Waals surface area (Å²) in [7, 11) is 0. The van der Waals surface area contributed by atoms with E-state index in [4.69, 9.17) is 0 Å². The van der Waals surface area contributed by atoms with E-state index in [1.165, 1.54) is 11.8 Å². The zero-order chi connectivity index (χ0) is 22.8. The summed E-state index contributed by atoms with van der Waals surface area (Å²) in [5.41, 5.74) is 4.84. The topological polar surface area (TPSA) is 78.5 Å². The number of amides is 3. The van der Waals surface area contributed by atoms with Crippen LogP contribution in [0, 0.1) is 13.8 Å². The molecule has 1 aliphatic heterocycles. The van der Waals surface area contributed by atoms with Gasteiger partial charge < -0.3 is 10.6 Å². The van der Waals surface area contributed by atoms with Gasteiger partial charge in [0.05, 0.1) is 11.3 Å². The third kappa shape index (κ3) is 3.90. The van der Waals surface area contributed by atoms with Crippen molar-refractivity contribution in [2.24, 2.45) is 0 Å². The monoisotopic (exact) mass is 425 g/mol. The van der Waals surface area contributed by atoms with Crippen molar-refractivity contribution in [2.45, 2.75) is 20.8 Å². The van der Waals surface area contributed by atoms with Crippen LogP contribution in [0.2, 0.25) is 0 Å². The molecule has 0 atom stereocenters. The zero-order valence-corrected chi connectivity index (χ0v) is 18.1. The first-order chi connectivity index (χ1) is 15.4. The lowest BCUT2D eigenvalue weighted by Gasteiger charge is -2.19. The number of aryl methyl sites for hydroxylation is 1. The van der Waals surface area contributed by atoms with Crippen molar-refractivity contribution in [1.82, 2.24) is 0 Å². The van der Waals surface area contributed by atoms with Crippen molar-refractivity contribution in [1.29, 1.82) is 0 Å². The summed E-state index contributed by atoms with van der Waals surface area (Å²) in [4.78, 5) is 39.6. The first-order valence-electron chi connectivity index (χ1n) is 10.3. The van der Waals surface area contributed by atoms with Crippen LogP contribution in [-0.4, -0.2) is 17.7 Å². The Morgan fingerprint density at radius 2 is 1.47 bits per heavy atom. The molecule has 1 heterocycles. The molecule has 32 heavy (non-hydrogen) atoms. The molecule has 3 aromatic rings. The average Bonchev–Trinajstić information content (AvgIpc) is 3.01. The molecule has 6 nitrogen and oxygen atoms in total. The van der Waals surface area contributed by atoms with Gasteiger partial charge in [0, 0.05) is 18.3 Å². The average molecular weight is 425 g/mol. The molecule has 0 saturated heterocycles. The van der Waals surface area contributed by atoms with Gasteiger partial charge in [-0.25, -0.2) is 4.90 Å². The van der Waals surface area contributed by atoms with Gasteiger partial charge in [-0.3, -0.25) is 14.4 Å². The Hall–Kier alpha value is -4.19. The van der Waals surface area contributed by atoms with E-state index >= 15 is 0 Å². The minimum atomic E-state index is -0.409. The molecule has 0 spiro atoms. The predicted octanol–water partition coefficient (Wildman–Crippen LogP) is 4.66. The second-order valence-electron chi connectivity index (χ2n) is 7.66. The Labute approximate surface area is 186 Å². The Morgan fingerprint density at radius 3 is 2.12 bits per heavy atom. The highest BCUT2D eigenvalue weighted by atomic mass is 16.2. The second kappa shape index (κ2) is 8.51. The maximum Gasteiger partial charge on any atom is 0.282 e. The predicted molar refractivity (Wildman–Crippen MR) is 126 cm³/mol. The highest BCUT2D eigenvalue weighted by Gasteiger charge is 2.40. The van der Waals surface area contributed by atoms with E-state index in [9.17, 15) is 14.4 Å². The summed E-state index contributed by atoms with van der Waals surface area (Å²) in [5.74, 6) is -0.987. The lowest BCUT2D eigenvalue weighted by atomic mass is 10.0. The van der Waals surface area contributed by atoms with Gasteiger partial charge in [0.25, 0.3) is 11.8 Å².